The van der Waals surface area contributed by atoms with Crippen LogP contribution in [0.1, 0.15) is 17.8 Å². The minimum absolute atomic E-state index is 0.163. The normalized spacial score (nSPS) is 11.7. The Labute approximate surface area is 121 Å². The zero-order valence-electron chi connectivity index (χ0n) is 11.4. The number of aromatic amines is 1. The van der Waals surface area contributed by atoms with E-state index in [9.17, 15) is 12.8 Å². The molecule has 7 nitrogen and oxygen atoms in total. The quantitative estimate of drug-likeness (QED) is 0.538. The lowest BCUT2D eigenvalue weighted by Crippen LogP contribution is -2.26. The van der Waals surface area contributed by atoms with E-state index in [4.69, 9.17) is 5.73 Å². The van der Waals surface area contributed by atoms with Crippen molar-refractivity contribution < 1.29 is 12.8 Å². The van der Waals surface area contributed by atoms with Crippen LogP contribution >= 0.6 is 0 Å². The fourth-order valence-corrected chi connectivity index (χ4v) is 3.11. The molecule has 114 valence electrons. The number of anilines is 1. The number of rotatable bonds is 6. The van der Waals surface area contributed by atoms with Crippen LogP contribution in [-0.2, 0) is 16.4 Å². The molecular formula is C12H16FN5O2S. The number of aryl methyl sites for hydroxylation is 2. The number of benzene rings is 1. The average Bonchev–Trinajstić information content (AvgIpc) is 2.92. The third kappa shape index (κ3) is 3.76. The predicted octanol–water partition coefficient (Wildman–Crippen LogP) is 0.746. The van der Waals surface area contributed by atoms with Crippen LogP contribution < -0.4 is 10.5 Å². The molecule has 0 radical (unpaired) electrons. The van der Waals surface area contributed by atoms with Gasteiger partial charge in [0, 0.05) is 18.7 Å². The first-order valence-electron chi connectivity index (χ1n) is 6.29. The van der Waals surface area contributed by atoms with Crippen LogP contribution in [0.25, 0.3) is 0 Å². The molecule has 0 unspecified atom stereocenters. The van der Waals surface area contributed by atoms with Crippen molar-refractivity contribution >= 4 is 15.7 Å². The fourth-order valence-electron chi connectivity index (χ4n) is 1.85. The monoisotopic (exact) mass is 313 g/mol. The van der Waals surface area contributed by atoms with Gasteiger partial charge < -0.3 is 5.73 Å². The molecule has 0 fully saturated rings. The Morgan fingerprint density at radius 2 is 2.19 bits per heavy atom. The maximum atomic E-state index is 13.9. The molecule has 1 aromatic carbocycles. The number of halogens is 1. The van der Waals surface area contributed by atoms with Crippen LogP contribution in [0.2, 0.25) is 0 Å². The van der Waals surface area contributed by atoms with Gasteiger partial charge >= 0.3 is 0 Å². The van der Waals surface area contributed by atoms with Gasteiger partial charge in [0.05, 0.1) is 0 Å². The highest BCUT2D eigenvalue weighted by Crippen LogP contribution is 2.21. The molecule has 0 bridgehead atoms. The van der Waals surface area contributed by atoms with Crippen LogP contribution in [0.3, 0.4) is 0 Å². The number of nitrogens with one attached hydrogen (secondary N) is 2. The third-order valence-electron chi connectivity index (χ3n) is 2.88. The summed E-state index contributed by atoms with van der Waals surface area (Å²) in [5, 5.41) is 6.37. The number of hydrogen-bond donors (Lipinski definition) is 3. The largest absolute Gasteiger partial charge is 0.399 e. The molecule has 4 N–H and O–H groups in total. The van der Waals surface area contributed by atoms with Gasteiger partial charge in [-0.05, 0) is 31.0 Å². The van der Waals surface area contributed by atoms with Gasteiger partial charge in [0.1, 0.15) is 22.9 Å². The van der Waals surface area contributed by atoms with E-state index in [1.807, 2.05) is 0 Å². The minimum Gasteiger partial charge on any atom is -0.399 e. The van der Waals surface area contributed by atoms with Gasteiger partial charge in [-0.1, -0.05) is 0 Å². The minimum atomic E-state index is -3.93. The van der Waals surface area contributed by atoms with Crippen LogP contribution in [0.4, 0.5) is 10.1 Å². The Bertz CT molecular complexity index is 715. The van der Waals surface area contributed by atoms with Gasteiger partial charge in [0.25, 0.3) is 0 Å². The highest BCUT2D eigenvalue weighted by atomic mass is 32.2. The van der Waals surface area contributed by atoms with Crippen molar-refractivity contribution in [3.8, 4) is 0 Å². The standard InChI is InChI=1S/C12H16FN5O2S/c1-8-5-9(14)6-10(12(8)13)21(19,20)17-4-2-3-11-15-7-16-18-11/h5-7,17H,2-4,14H2,1H3,(H,15,16,18). The molecule has 0 spiro atoms. The first-order chi connectivity index (χ1) is 9.90. The summed E-state index contributed by atoms with van der Waals surface area (Å²) in [6, 6.07) is 2.50. The molecule has 0 amide bonds. The molecule has 0 aliphatic rings. The van der Waals surface area contributed by atoms with Crippen molar-refractivity contribution in [2.24, 2.45) is 0 Å². The first kappa shape index (κ1) is 15.4. The maximum absolute atomic E-state index is 13.9. The van der Waals surface area contributed by atoms with E-state index in [1.165, 1.54) is 19.3 Å². The van der Waals surface area contributed by atoms with E-state index < -0.39 is 20.7 Å². The van der Waals surface area contributed by atoms with Crippen LogP contribution in [-0.4, -0.2) is 30.1 Å². The molecule has 9 heteroatoms. The van der Waals surface area contributed by atoms with Crippen LogP contribution in [0.15, 0.2) is 23.4 Å². The lowest BCUT2D eigenvalue weighted by Gasteiger charge is -2.09. The van der Waals surface area contributed by atoms with Crippen LogP contribution in [0, 0.1) is 12.7 Å². The summed E-state index contributed by atoms with van der Waals surface area (Å²) in [5.41, 5.74) is 5.96. The molecule has 0 saturated heterocycles. The van der Waals surface area contributed by atoms with Crippen molar-refractivity contribution in [3.63, 3.8) is 0 Å². The molecule has 0 atom stereocenters. The van der Waals surface area contributed by atoms with Gasteiger partial charge in [-0.25, -0.2) is 22.5 Å². The molecule has 0 saturated carbocycles. The molecule has 21 heavy (non-hydrogen) atoms. The van der Waals surface area contributed by atoms with Gasteiger partial charge in [-0.3, -0.25) is 5.10 Å². The summed E-state index contributed by atoms with van der Waals surface area (Å²) in [6.45, 7) is 1.63. The zero-order chi connectivity index (χ0) is 15.5. The van der Waals surface area contributed by atoms with E-state index in [0.717, 1.165) is 6.07 Å². The third-order valence-corrected chi connectivity index (χ3v) is 4.34. The summed E-state index contributed by atoms with van der Waals surface area (Å²) in [4.78, 5) is 3.49. The number of nitrogens with zero attached hydrogens (tertiary/aromatic N) is 2. The molecule has 0 aliphatic carbocycles. The number of nitrogens with two attached hydrogens (primary N) is 1. The van der Waals surface area contributed by atoms with Crippen molar-refractivity contribution in [1.29, 1.82) is 0 Å². The van der Waals surface area contributed by atoms with Crippen molar-refractivity contribution in [1.82, 2.24) is 19.9 Å². The summed E-state index contributed by atoms with van der Waals surface area (Å²) >= 11 is 0. The SMILES string of the molecule is Cc1cc(N)cc(S(=O)(=O)NCCCc2ncn[nH]2)c1F. The highest BCUT2D eigenvalue weighted by Gasteiger charge is 2.20. The van der Waals surface area contributed by atoms with E-state index >= 15 is 0 Å². The summed E-state index contributed by atoms with van der Waals surface area (Å²) in [7, 11) is -3.93. The topological polar surface area (TPSA) is 114 Å². The van der Waals surface area contributed by atoms with E-state index in [-0.39, 0.29) is 17.8 Å². The molecule has 2 aromatic rings. The highest BCUT2D eigenvalue weighted by molar-refractivity contribution is 7.89. The molecule has 0 aliphatic heterocycles. The van der Waals surface area contributed by atoms with Gasteiger partial charge in [-0.15, -0.1) is 0 Å². The Kier molecular flexibility index (Phi) is 4.53. The average molecular weight is 313 g/mol. The van der Waals surface area contributed by atoms with Crippen LogP contribution in [0.5, 0.6) is 0 Å². The number of hydrogen-bond acceptors (Lipinski definition) is 5. The van der Waals surface area contributed by atoms with Crippen molar-refractivity contribution in [3.05, 3.63) is 35.7 Å². The summed E-state index contributed by atoms with van der Waals surface area (Å²) < 4.78 is 40.4. The van der Waals surface area contributed by atoms with Gasteiger partial charge in [0.2, 0.25) is 10.0 Å². The zero-order valence-corrected chi connectivity index (χ0v) is 12.2. The van der Waals surface area contributed by atoms with Gasteiger partial charge in [-0.2, -0.15) is 5.10 Å². The second-order valence-electron chi connectivity index (χ2n) is 4.58. The first-order valence-corrected chi connectivity index (χ1v) is 7.78. The van der Waals surface area contributed by atoms with Crippen molar-refractivity contribution in [2.45, 2.75) is 24.7 Å². The molecular weight excluding hydrogens is 297 g/mol. The summed E-state index contributed by atoms with van der Waals surface area (Å²) in [5.74, 6) is -0.118. The second kappa shape index (κ2) is 6.19. The lowest BCUT2D eigenvalue weighted by atomic mass is 10.2. The van der Waals surface area contributed by atoms with E-state index in [1.54, 1.807) is 0 Å². The molecule has 1 heterocycles. The summed E-state index contributed by atoms with van der Waals surface area (Å²) in [6.07, 6.45) is 2.43. The second-order valence-corrected chi connectivity index (χ2v) is 6.32. The Hall–Kier alpha value is -2.00. The van der Waals surface area contributed by atoms with E-state index in [2.05, 4.69) is 19.9 Å². The fraction of sp³-hybridized carbons (Fsp3) is 0.333. The number of aromatic nitrogens is 3. The molecule has 1 aromatic heterocycles. The Balaban J connectivity index is 2.02. The Morgan fingerprint density at radius 3 is 2.86 bits per heavy atom. The number of sulfonamides is 1. The molecule has 2 rings (SSSR count). The number of nitrogen functional groups attached to an aromatic ring is 1. The smallest absolute Gasteiger partial charge is 0.243 e. The Morgan fingerprint density at radius 1 is 1.43 bits per heavy atom. The number of H-pyrrole nitrogens is 1. The van der Waals surface area contributed by atoms with E-state index in [0.29, 0.717) is 18.7 Å². The lowest BCUT2D eigenvalue weighted by molar-refractivity contribution is 0.551. The van der Waals surface area contributed by atoms with Crippen molar-refractivity contribution in [2.75, 3.05) is 12.3 Å². The maximum Gasteiger partial charge on any atom is 0.243 e. The predicted molar refractivity (Wildman–Crippen MR) is 75.4 cm³/mol. The van der Waals surface area contributed by atoms with Gasteiger partial charge in [0.15, 0.2) is 0 Å².